The molecule has 0 unspecified atom stereocenters. The van der Waals surface area contributed by atoms with Gasteiger partial charge in [-0.1, -0.05) is 0 Å². The molecule has 1 fully saturated rings. The minimum Gasteiger partial charge on any atom is -0.481 e. The summed E-state index contributed by atoms with van der Waals surface area (Å²) in [5.41, 5.74) is 0. The van der Waals surface area contributed by atoms with Crippen molar-refractivity contribution < 1.29 is 30.0 Å². The Hall–Kier alpha value is -0.690. The molecular weight excluding hydrogens is 192 g/mol. The molecule has 0 radical (unpaired) electrons. The van der Waals surface area contributed by atoms with Gasteiger partial charge >= 0.3 is 5.97 Å². The molecular formula is C8H14O6. The van der Waals surface area contributed by atoms with Crippen molar-refractivity contribution in [2.75, 3.05) is 7.11 Å². The van der Waals surface area contributed by atoms with E-state index in [-0.39, 0.29) is 6.42 Å². The summed E-state index contributed by atoms with van der Waals surface area (Å²) in [7, 11) is 1.32. The van der Waals surface area contributed by atoms with E-state index in [1.165, 1.54) is 7.11 Å². The second-order valence-corrected chi connectivity index (χ2v) is 3.43. The summed E-state index contributed by atoms with van der Waals surface area (Å²) in [4.78, 5) is 10.7. The van der Waals surface area contributed by atoms with Crippen LogP contribution in [0.5, 0.6) is 0 Å². The smallest absolute Gasteiger partial charge is 0.309 e. The van der Waals surface area contributed by atoms with Crippen LogP contribution in [0, 0.1) is 5.92 Å². The lowest BCUT2D eigenvalue weighted by Gasteiger charge is -2.37. The van der Waals surface area contributed by atoms with Gasteiger partial charge in [0.1, 0.15) is 12.2 Å². The van der Waals surface area contributed by atoms with Gasteiger partial charge in [0.25, 0.3) is 0 Å². The van der Waals surface area contributed by atoms with E-state index >= 15 is 0 Å². The number of carboxylic acids is 1. The van der Waals surface area contributed by atoms with Crippen LogP contribution in [0.4, 0.5) is 0 Å². The topological polar surface area (TPSA) is 107 Å². The lowest BCUT2D eigenvalue weighted by molar-refractivity contribution is -0.182. The monoisotopic (exact) mass is 206 g/mol. The lowest BCUT2D eigenvalue weighted by Crippen LogP contribution is -2.55. The van der Waals surface area contributed by atoms with Gasteiger partial charge in [-0.3, -0.25) is 4.79 Å². The van der Waals surface area contributed by atoms with E-state index in [0.29, 0.717) is 0 Å². The molecule has 0 spiro atoms. The molecule has 0 heterocycles. The Morgan fingerprint density at radius 2 is 1.79 bits per heavy atom. The summed E-state index contributed by atoms with van der Waals surface area (Å²) in [5, 5.41) is 36.8. The molecule has 14 heavy (non-hydrogen) atoms. The molecule has 0 bridgehead atoms. The molecule has 0 saturated heterocycles. The Bertz CT molecular complexity index is 216. The van der Waals surface area contributed by atoms with E-state index in [1.54, 1.807) is 0 Å². The summed E-state index contributed by atoms with van der Waals surface area (Å²) >= 11 is 0. The van der Waals surface area contributed by atoms with Crippen molar-refractivity contribution in [3.8, 4) is 0 Å². The highest BCUT2D eigenvalue weighted by atomic mass is 16.5. The summed E-state index contributed by atoms with van der Waals surface area (Å²) < 4.78 is 4.82. The highest BCUT2D eigenvalue weighted by Crippen LogP contribution is 2.27. The Morgan fingerprint density at radius 1 is 1.21 bits per heavy atom. The first-order valence-corrected chi connectivity index (χ1v) is 4.28. The first-order valence-electron chi connectivity index (χ1n) is 4.28. The van der Waals surface area contributed by atoms with Crippen molar-refractivity contribution in [3.05, 3.63) is 0 Å². The zero-order chi connectivity index (χ0) is 10.9. The van der Waals surface area contributed by atoms with Crippen molar-refractivity contribution in [2.24, 2.45) is 5.92 Å². The van der Waals surface area contributed by atoms with Crippen LogP contribution in [-0.2, 0) is 9.53 Å². The first-order chi connectivity index (χ1) is 6.49. The Kier molecular flexibility index (Phi) is 3.43. The van der Waals surface area contributed by atoms with Gasteiger partial charge in [-0.25, -0.2) is 0 Å². The molecule has 1 aliphatic carbocycles. The second-order valence-electron chi connectivity index (χ2n) is 3.43. The van der Waals surface area contributed by atoms with E-state index in [2.05, 4.69) is 0 Å². The Balaban J connectivity index is 2.78. The minimum absolute atomic E-state index is 0.00870. The summed E-state index contributed by atoms with van der Waals surface area (Å²) in [6, 6.07) is 0. The molecule has 5 atom stereocenters. The van der Waals surface area contributed by atoms with Crippen LogP contribution in [0.3, 0.4) is 0 Å². The van der Waals surface area contributed by atoms with E-state index in [1.807, 2.05) is 0 Å². The summed E-state index contributed by atoms with van der Waals surface area (Å²) in [6.45, 7) is 0. The normalized spacial score (nSPS) is 43.6. The number of hydrogen-bond donors (Lipinski definition) is 4. The van der Waals surface area contributed by atoms with E-state index < -0.39 is 36.3 Å². The number of aliphatic hydroxyl groups excluding tert-OH is 3. The minimum atomic E-state index is -1.48. The van der Waals surface area contributed by atoms with E-state index in [0.717, 1.165) is 0 Å². The molecule has 0 aromatic heterocycles. The third-order valence-electron chi connectivity index (χ3n) is 2.60. The number of carboxylic acid groups (broad SMARTS) is 1. The maximum atomic E-state index is 10.7. The lowest BCUT2D eigenvalue weighted by atomic mass is 9.81. The molecule has 0 amide bonds. The van der Waals surface area contributed by atoms with Crippen LogP contribution in [-0.4, -0.2) is 57.9 Å². The van der Waals surface area contributed by atoms with E-state index in [4.69, 9.17) is 9.84 Å². The summed E-state index contributed by atoms with van der Waals surface area (Å²) in [5.74, 6) is -2.30. The number of carbonyl (C=O) groups is 1. The quantitative estimate of drug-likeness (QED) is 0.424. The van der Waals surface area contributed by atoms with Crippen LogP contribution in [0.25, 0.3) is 0 Å². The van der Waals surface area contributed by atoms with E-state index in [9.17, 15) is 20.1 Å². The number of rotatable bonds is 2. The van der Waals surface area contributed by atoms with Crippen molar-refractivity contribution >= 4 is 5.97 Å². The third-order valence-corrected chi connectivity index (χ3v) is 2.60. The molecule has 0 aromatic rings. The fourth-order valence-electron chi connectivity index (χ4n) is 1.67. The molecule has 0 aromatic carbocycles. The number of aliphatic carboxylic acids is 1. The average Bonchev–Trinajstić information content (AvgIpc) is 2.14. The first kappa shape index (κ1) is 11.4. The second kappa shape index (κ2) is 4.22. The van der Waals surface area contributed by atoms with Gasteiger partial charge in [0.2, 0.25) is 0 Å². The zero-order valence-electron chi connectivity index (χ0n) is 7.70. The fraction of sp³-hybridized carbons (Fsp3) is 0.875. The van der Waals surface area contributed by atoms with Crippen LogP contribution in [0.15, 0.2) is 0 Å². The standard InChI is InChI=1S/C8H14O6/c1-14-4-2-3(8(12)13)5(9)7(11)6(4)10/h3-7,9-11H,2H2,1H3,(H,12,13)/t3-,4+,5+,6-,7-/m0/s1. The molecule has 1 saturated carbocycles. The number of aliphatic hydroxyl groups is 3. The highest BCUT2D eigenvalue weighted by molar-refractivity contribution is 5.71. The zero-order valence-corrected chi connectivity index (χ0v) is 7.70. The Labute approximate surface area is 80.7 Å². The Morgan fingerprint density at radius 3 is 2.21 bits per heavy atom. The van der Waals surface area contributed by atoms with Gasteiger partial charge in [-0.15, -0.1) is 0 Å². The van der Waals surface area contributed by atoms with Crippen LogP contribution >= 0.6 is 0 Å². The van der Waals surface area contributed by atoms with Crippen LogP contribution in [0.1, 0.15) is 6.42 Å². The predicted molar refractivity (Wildman–Crippen MR) is 44.6 cm³/mol. The molecule has 4 N–H and O–H groups in total. The fourth-order valence-corrected chi connectivity index (χ4v) is 1.67. The average molecular weight is 206 g/mol. The van der Waals surface area contributed by atoms with Crippen molar-refractivity contribution in [1.29, 1.82) is 0 Å². The SMILES string of the molecule is CO[C@@H]1C[C@H](C(=O)O)[C@@H](O)[C@H](O)[C@H]1O. The molecule has 82 valence electrons. The largest absolute Gasteiger partial charge is 0.481 e. The maximum Gasteiger partial charge on any atom is 0.309 e. The predicted octanol–water partition coefficient (Wildman–Crippen LogP) is -1.81. The highest BCUT2D eigenvalue weighted by Gasteiger charge is 2.45. The molecule has 0 aliphatic heterocycles. The maximum absolute atomic E-state index is 10.7. The van der Waals surface area contributed by atoms with Gasteiger partial charge in [0.15, 0.2) is 0 Å². The number of hydrogen-bond acceptors (Lipinski definition) is 5. The van der Waals surface area contributed by atoms with Gasteiger partial charge in [-0.05, 0) is 6.42 Å². The van der Waals surface area contributed by atoms with Gasteiger partial charge in [0, 0.05) is 7.11 Å². The van der Waals surface area contributed by atoms with Crippen molar-refractivity contribution in [1.82, 2.24) is 0 Å². The molecule has 1 rings (SSSR count). The van der Waals surface area contributed by atoms with Crippen LogP contribution in [0.2, 0.25) is 0 Å². The van der Waals surface area contributed by atoms with Gasteiger partial charge in [-0.2, -0.15) is 0 Å². The van der Waals surface area contributed by atoms with Gasteiger partial charge < -0.3 is 25.2 Å². The third kappa shape index (κ3) is 1.88. The summed E-state index contributed by atoms with van der Waals surface area (Å²) in [6.07, 6.45) is -4.94. The van der Waals surface area contributed by atoms with Crippen molar-refractivity contribution in [2.45, 2.75) is 30.8 Å². The van der Waals surface area contributed by atoms with Crippen molar-refractivity contribution in [3.63, 3.8) is 0 Å². The molecule has 1 aliphatic rings. The molecule has 6 heteroatoms. The number of ether oxygens (including phenoxy) is 1. The molecule has 6 nitrogen and oxygen atoms in total. The van der Waals surface area contributed by atoms with Crippen LogP contribution < -0.4 is 0 Å². The van der Waals surface area contributed by atoms with Gasteiger partial charge in [0.05, 0.1) is 18.1 Å². The number of methoxy groups -OCH3 is 1.